The summed E-state index contributed by atoms with van der Waals surface area (Å²) in [5, 5.41) is 3.68. The van der Waals surface area contributed by atoms with Crippen molar-refractivity contribution in [2.75, 3.05) is 27.3 Å². The van der Waals surface area contributed by atoms with Crippen molar-refractivity contribution in [3.05, 3.63) is 23.3 Å². The molecule has 1 spiro atoms. The molecule has 2 aliphatic heterocycles. The molecule has 0 radical (unpaired) electrons. The first-order valence-electron chi connectivity index (χ1n) is 10.5. The zero-order valence-corrected chi connectivity index (χ0v) is 17.5. The van der Waals surface area contributed by atoms with E-state index in [0.717, 1.165) is 47.7 Å². The number of hydrogen-bond acceptors (Lipinski definition) is 5. The van der Waals surface area contributed by atoms with Gasteiger partial charge in [0, 0.05) is 12.0 Å². The lowest BCUT2D eigenvalue weighted by Gasteiger charge is -2.30. The summed E-state index contributed by atoms with van der Waals surface area (Å²) in [7, 11) is 3.21. The quantitative estimate of drug-likeness (QED) is 0.583. The Hall–Kier alpha value is -2.81. The minimum atomic E-state index is -0.838. The number of imide groups is 1. The Labute approximate surface area is 175 Å². The molecular weight excluding hydrogens is 388 g/mol. The minimum absolute atomic E-state index is 0.178. The molecule has 1 atom stereocenters. The van der Waals surface area contributed by atoms with Gasteiger partial charge in [-0.15, -0.1) is 0 Å². The maximum atomic E-state index is 12.8. The first kappa shape index (κ1) is 20.5. The van der Waals surface area contributed by atoms with Crippen LogP contribution in [0.5, 0.6) is 11.5 Å². The molecule has 1 saturated carbocycles. The number of ether oxygens (including phenoxy) is 2. The number of carbonyl (C=O) groups excluding carboxylic acids is 3. The van der Waals surface area contributed by atoms with Crippen molar-refractivity contribution in [3.8, 4) is 11.5 Å². The second-order valence-electron chi connectivity index (χ2n) is 8.33. The van der Waals surface area contributed by atoms with Crippen LogP contribution >= 0.6 is 0 Å². The molecule has 2 fully saturated rings. The number of rotatable bonds is 5. The molecule has 30 heavy (non-hydrogen) atoms. The third-order valence-corrected chi connectivity index (χ3v) is 6.41. The number of nitrogens with zero attached hydrogens (tertiary/aromatic N) is 1. The third-order valence-electron chi connectivity index (χ3n) is 6.41. The molecule has 1 unspecified atom stereocenters. The number of benzene rings is 1. The van der Waals surface area contributed by atoms with Gasteiger partial charge in [-0.2, -0.15) is 5.01 Å². The summed E-state index contributed by atoms with van der Waals surface area (Å²) in [5.41, 5.74) is 3.99. The zero-order valence-electron chi connectivity index (χ0n) is 17.5. The normalized spacial score (nSPS) is 22.5. The first-order valence-corrected chi connectivity index (χ1v) is 10.5. The Balaban J connectivity index is 1.38. The highest BCUT2D eigenvalue weighted by molar-refractivity contribution is 6.08. The number of quaternary nitrogens is 1. The van der Waals surface area contributed by atoms with Gasteiger partial charge in [-0.05, 0) is 30.5 Å². The van der Waals surface area contributed by atoms with Crippen molar-refractivity contribution in [3.63, 3.8) is 0 Å². The van der Waals surface area contributed by atoms with Gasteiger partial charge in [0.05, 0.1) is 20.8 Å². The van der Waals surface area contributed by atoms with Gasteiger partial charge in [0.2, 0.25) is 0 Å². The largest absolute Gasteiger partial charge is 0.493 e. The fourth-order valence-corrected chi connectivity index (χ4v) is 4.79. The molecule has 1 aliphatic carbocycles. The van der Waals surface area contributed by atoms with Gasteiger partial charge in [-0.3, -0.25) is 15.0 Å². The van der Waals surface area contributed by atoms with Crippen LogP contribution in [0.1, 0.15) is 43.2 Å². The van der Waals surface area contributed by atoms with E-state index >= 15 is 0 Å². The molecule has 0 aromatic heterocycles. The lowest BCUT2D eigenvalue weighted by atomic mass is 9.82. The van der Waals surface area contributed by atoms with E-state index in [9.17, 15) is 14.4 Å². The van der Waals surface area contributed by atoms with E-state index in [1.54, 1.807) is 14.2 Å². The van der Waals surface area contributed by atoms with E-state index in [-0.39, 0.29) is 18.4 Å². The molecule has 3 aliphatic rings. The number of hydrogen-bond donors (Lipinski definition) is 3. The molecule has 162 valence electrons. The summed E-state index contributed by atoms with van der Waals surface area (Å²) in [4.78, 5) is 38.8. The second kappa shape index (κ2) is 8.14. The fourth-order valence-electron chi connectivity index (χ4n) is 4.79. The molecule has 4 amide bonds. The van der Waals surface area contributed by atoms with Gasteiger partial charge in [0.25, 0.3) is 11.8 Å². The highest BCUT2D eigenvalue weighted by atomic mass is 16.5. The molecule has 2 heterocycles. The van der Waals surface area contributed by atoms with Gasteiger partial charge >= 0.3 is 6.03 Å². The average Bonchev–Trinajstić information content (AvgIpc) is 2.96. The zero-order chi connectivity index (χ0) is 21.3. The maximum absolute atomic E-state index is 12.8. The standard InChI is InChI=1S/C21H28N4O5/c1-29-16-10-14-6-9-24(12-15(14)11-17(16)30-2)13-18(26)23-25-19(27)21(22-20(25)28)7-4-3-5-8-21/h10-11H,3-9,12-13H2,1-2H3,(H,22,28)(H,23,26)/p+1. The van der Waals surface area contributed by atoms with E-state index in [1.807, 2.05) is 12.1 Å². The summed E-state index contributed by atoms with van der Waals surface area (Å²) in [6.07, 6.45) is 4.93. The molecule has 1 saturated heterocycles. The van der Waals surface area contributed by atoms with Gasteiger partial charge in [0.1, 0.15) is 12.1 Å². The Kier molecular flexibility index (Phi) is 5.55. The molecule has 0 bridgehead atoms. The van der Waals surface area contributed by atoms with E-state index in [2.05, 4.69) is 10.7 Å². The van der Waals surface area contributed by atoms with Crippen LogP contribution < -0.4 is 25.1 Å². The summed E-state index contributed by atoms with van der Waals surface area (Å²) in [6, 6.07) is 3.41. The number of fused-ring (bicyclic) bond motifs is 1. The number of nitrogens with one attached hydrogen (secondary N) is 3. The van der Waals surface area contributed by atoms with Crippen LogP contribution in [-0.2, 0) is 22.6 Å². The van der Waals surface area contributed by atoms with Crippen LogP contribution in [0.4, 0.5) is 4.79 Å². The Bertz CT molecular complexity index is 865. The molecule has 3 N–H and O–H groups in total. The Morgan fingerprint density at radius 3 is 2.47 bits per heavy atom. The van der Waals surface area contributed by atoms with Gasteiger partial charge in [0.15, 0.2) is 18.0 Å². The van der Waals surface area contributed by atoms with Crippen LogP contribution in [0.3, 0.4) is 0 Å². The molecule has 1 aromatic rings. The van der Waals surface area contributed by atoms with E-state index in [4.69, 9.17) is 9.47 Å². The first-order chi connectivity index (χ1) is 14.5. The topological polar surface area (TPSA) is 101 Å². The van der Waals surface area contributed by atoms with E-state index in [1.165, 1.54) is 5.56 Å². The smallest absolute Gasteiger partial charge is 0.344 e. The predicted octanol–water partition coefficient (Wildman–Crippen LogP) is -0.0693. The monoisotopic (exact) mass is 417 g/mol. The molecule has 1 aromatic carbocycles. The number of methoxy groups -OCH3 is 2. The minimum Gasteiger partial charge on any atom is -0.493 e. The lowest BCUT2D eigenvalue weighted by molar-refractivity contribution is -0.908. The molecule has 4 rings (SSSR count). The van der Waals surface area contributed by atoms with Crippen molar-refractivity contribution in [2.45, 2.75) is 50.6 Å². The predicted molar refractivity (Wildman–Crippen MR) is 107 cm³/mol. The fraction of sp³-hybridized carbons (Fsp3) is 0.571. The molecular formula is C21H29N4O5+. The van der Waals surface area contributed by atoms with Gasteiger partial charge in [-0.25, -0.2) is 4.79 Å². The van der Waals surface area contributed by atoms with Crippen molar-refractivity contribution in [1.29, 1.82) is 0 Å². The summed E-state index contributed by atoms with van der Waals surface area (Å²) < 4.78 is 10.7. The second-order valence-corrected chi connectivity index (χ2v) is 8.33. The van der Waals surface area contributed by atoms with Crippen LogP contribution in [-0.4, -0.2) is 55.7 Å². The highest BCUT2D eigenvalue weighted by Crippen LogP contribution is 2.33. The molecule has 9 nitrogen and oxygen atoms in total. The Morgan fingerprint density at radius 2 is 1.80 bits per heavy atom. The maximum Gasteiger partial charge on any atom is 0.344 e. The van der Waals surface area contributed by atoms with Crippen LogP contribution in [0.25, 0.3) is 0 Å². The van der Waals surface area contributed by atoms with E-state index < -0.39 is 11.6 Å². The third kappa shape index (κ3) is 3.69. The van der Waals surface area contributed by atoms with Crippen LogP contribution in [0, 0.1) is 0 Å². The summed E-state index contributed by atoms with van der Waals surface area (Å²) in [6.45, 7) is 1.62. The Morgan fingerprint density at radius 1 is 1.13 bits per heavy atom. The summed E-state index contributed by atoms with van der Waals surface area (Å²) in [5.74, 6) is 0.688. The van der Waals surface area contributed by atoms with Gasteiger partial charge < -0.3 is 19.7 Å². The average molecular weight is 417 g/mol. The SMILES string of the molecule is COc1cc2c(cc1OC)C[NH+](CC(=O)NN1C(=O)NC3(CCCCC3)C1=O)CC2. The van der Waals surface area contributed by atoms with Crippen LogP contribution in [0.15, 0.2) is 12.1 Å². The van der Waals surface area contributed by atoms with Crippen LogP contribution in [0.2, 0.25) is 0 Å². The summed E-state index contributed by atoms with van der Waals surface area (Å²) >= 11 is 0. The number of urea groups is 1. The van der Waals surface area contributed by atoms with Crippen molar-refractivity contribution in [1.82, 2.24) is 15.8 Å². The van der Waals surface area contributed by atoms with Crippen molar-refractivity contribution in [2.24, 2.45) is 0 Å². The highest BCUT2D eigenvalue weighted by Gasteiger charge is 2.52. The number of hydrazine groups is 1. The lowest BCUT2D eigenvalue weighted by Crippen LogP contribution is -3.13. The van der Waals surface area contributed by atoms with Crippen molar-refractivity contribution >= 4 is 17.8 Å². The number of carbonyl (C=O) groups is 3. The van der Waals surface area contributed by atoms with E-state index in [0.29, 0.717) is 30.9 Å². The van der Waals surface area contributed by atoms with Crippen molar-refractivity contribution < 1.29 is 28.8 Å². The van der Waals surface area contributed by atoms with Gasteiger partial charge in [-0.1, -0.05) is 19.3 Å². The molecule has 9 heteroatoms. The number of amides is 4.